The number of aryl methyl sites for hydroxylation is 1. The molecule has 0 unspecified atom stereocenters. The van der Waals surface area contributed by atoms with E-state index >= 15 is 0 Å². The molecular formula is C16H26BN3O2. The van der Waals surface area contributed by atoms with Crippen LogP contribution in [0.2, 0.25) is 0 Å². The standard InChI is InChI=1S/C16H26BN3O2/c1-11-8-14(20-7-6-12(18)10-20)19-9-13(11)17-21-15(2,3)16(4,5)22-17/h8-9,12H,6-7,10,18H2,1-5H3/t12-/m0/s1. The summed E-state index contributed by atoms with van der Waals surface area (Å²) in [6, 6.07) is 2.36. The van der Waals surface area contributed by atoms with Crippen LogP contribution in [0.1, 0.15) is 39.7 Å². The molecule has 0 bridgehead atoms. The number of rotatable bonds is 2. The Kier molecular flexibility index (Phi) is 3.74. The molecule has 2 fully saturated rings. The number of nitrogens with zero attached hydrogens (tertiary/aromatic N) is 2. The van der Waals surface area contributed by atoms with Gasteiger partial charge in [-0.3, -0.25) is 0 Å². The van der Waals surface area contributed by atoms with Crippen molar-refractivity contribution < 1.29 is 9.31 Å². The topological polar surface area (TPSA) is 60.6 Å². The Labute approximate surface area is 133 Å². The van der Waals surface area contributed by atoms with Gasteiger partial charge in [0.25, 0.3) is 0 Å². The number of pyridine rings is 1. The van der Waals surface area contributed by atoms with Gasteiger partial charge in [-0.05, 0) is 52.7 Å². The molecule has 3 heterocycles. The highest BCUT2D eigenvalue weighted by molar-refractivity contribution is 6.62. The van der Waals surface area contributed by atoms with Gasteiger partial charge < -0.3 is 19.9 Å². The van der Waals surface area contributed by atoms with Crippen LogP contribution < -0.4 is 16.1 Å². The summed E-state index contributed by atoms with van der Waals surface area (Å²) in [6.07, 6.45) is 2.91. The quantitative estimate of drug-likeness (QED) is 0.833. The second-order valence-corrected chi connectivity index (χ2v) is 7.48. The molecule has 2 aliphatic rings. The minimum absolute atomic E-state index is 0.255. The number of aromatic nitrogens is 1. The fourth-order valence-electron chi connectivity index (χ4n) is 2.94. The molecule has 3 rings (SSSR count). The second kappa shape index (κ2) is 5.22. The predicted octanol–water partition coefficient (Wildman–Crippen LogP) is 1.23. The highest BCUT2D eigenvalue weighted by atomic mass is 16.7. The lowest BCUT2D eigenvalue weighted by molar-refractivity contribution is 0.00578. The summed E-state index contributed by atoms with van der Waals surface area (Å²) < 4.78 is 12.2. The molecular weight excluding hydrogens is 277 g/mol. The normalized spacial score (nSPS) is 26.7. The molecule has 0 radical (unpaired) electrons. The van der Waals surface area contributed by atoms with Gasteiger partial charge >= 0.3 is 7.12 Å². The summed E-state index contributed by atoms with van der Waals surface area (Å²) in [6.45, 7) is 12.2. The maximum absolute atomic E-state index is 6.12. The van der Waals surface area contributed by atoms with E-state index in [1.165, 1.54) is 0 Å². The summed E-state index contributed by atoms with van der Waals surface area (Å²) in [4.78, 5) is 6.85. The molecule has 0 saturated carbocycles. The van der Waals surface area contributed by atoms with E-state index in [9.17, 15) is 0 Å². The zero-order valence-electron chi connectivity index (χ0n) is 14.2. The van der Waals surface area contributed by atoms with E-state index < -0.39 is 0 Å². The van der Waals surface area contributed by atoms with Crippen LogP contribution >= 0.6 is 0 Å². The molecule has 0 aromatic carbocycles. The zero-order valence-corrected chi connectivity index (χ0v) is 14.2. The Morgan fingerprint density at radius 2 is 1.91 bits per heavy atom. The van der Waals surface area contributed by atoms with Crippen molar-refractivity contribution in [3.63, 3.8) is 0 Å². The molecule has 120 valence electrons. The first-order valence-corrected chi connectivity index (χ1v) is 8.02. The van der Waals surface area contributed by atoms with Crippen LogP contribution in [0.15, 0.2) is 12.3 Å². The van der Waals surface area contributed by atoms with Crippen molar-refractivity contribution in [2.75, 3.05) is 18.0 Å². The van der Waals surface area contributed by atoms with E-state index in [0.29, 0.717) is 0 Å². The monoisotopic (exact) mass is 303 g/mol. The molecule has 0 aliphatic carbocycles. The molecule has 5 nitrogen and oxygen atoms in total. The summed E-state index contributed by atoms with van der Waals surface area (Å²) in [5.74, 6) is 0.991. The van der Waals surface area contributed by atoms with Gasteiger partial charge in [-0.1, -0.05) is 0 Å². The average molecular weight is 303 g/mol. The SMILES string of the molecule is Cc1cc(N2CC[C@H](N)C2)ncc1B1OC(C)(C)C(C)(C)O1. The van der Waals surface area contributed by atoms with Crippen LogP contribution in [0.4, 0.5) is 5.82 Å². The molecule has 6 heteroatoms. The summed E-state index contributed by atoms with van der Waals surface area (Å²) >= 11 is 0. The fourth-order valence-corrected chi connectivity index (χ4v) is 2.94. The maximum atomic E-state index is 6.12. The minimum Gasteiger partial charge on any atom is -0.399 e. The Morgan fingerprint density at radius 1 is 1.27 bits per heavy atom. The Bertz CT molecular complexity index is 561. The molecule has 1 atom stereocenters. The first-order valence-electron chi connectivity index (χ1n) is 8.02. The van der Waals surface area contributed by atoms with E-state index in [1.807, 2.05) is 6.20 Å². The highest BCUT2D eigenvalue weighted by Crippen LogP contribution is 2.36. The van der Waals surface area contributed by atoms with Gasteiger partial charge in [-0.25, -0.2) is 4.98 Å². The third kappa shape index (κ3) is 2.64. The first kappa shape index (κ1) is 15.8. The second-order valence-electron chi connectivity index (χ2n) is 7.48. The van der Waals surface area contributed by atoms with Crippen molar-refractivity contribution in [3.05, 3.63) is 17.8 Å². The molecule has 2 saturated heterocycles. The van der Waals surface area contributed by atoms with E-state index in [2.05, 4.69) is 50.6 Å². The van der Waals surface area contributed by atoms with Crippen LogP contribution in [0, 0.1) is 6.92 Å². The van der Waals surface area contributed by atoms with Crippen molar-refractivity contribution in [1.82, 2.24) is 4.98 Å². The molecule has 0 amide bonds. The Balaban J connectivity index is 1.82. The van der Waals surface area contributed by atoms with Crippen LogP contribution in [-0.4, -0.2) is 42.4 Å². The number of hydrogen-bond acceptors (Lipinski definition) is 5. The fraction of sp³-hybridized carbons (Fsp3) is 0.688. The molecule has 22 heavy (non-hydrogen) atoms. The van der Waals surface area contributed by atoms with Crippen molar-refractivity contribution in [3.8, 4) is 0 Å². The number of anilines is 1. The highest BCUT2D eigenvalue weighted by Gasteiger charge is 2.52. The molecule has 1 aromatic heterocycles. The predicted molar refractivity (Wildman–Crippen MR) is 89.5 cm³/mol. The lowest BCUT2D eigenvalue weighted by atomic mass is 9.77. The molecule has 1 aromatic rings. The minimum atomic E-state index is -0.354. The van der Waals surface area contributed by atoms with E-state index in [4.69, 9.17) is 15.0 Å². The van der Waals surface area contributed by atoms with Crippen LogP contribution in [0.5, 0.6) is 0 Å². The van der Waals surface area contributed by atoms with Crippen molar-refractivity contribution >= 4 is 18.4 Å². The van der Waals surface area contributed by atoms with Gasteiger partial charge in [0.05, 0.1) is 11.2 Å². The van der Waals surface area contributed by atoms with Gasteiger partial charge in [0.2, 0.25) is 0 Å². The maximum Gasteiger partial charge on any atom is 0.496 e. The summed E-state index contributed by atoms with van der Waals surface area (Å²) in [5.41, 5.74) is 7.47. The van der Waals surface area contributed by atoms with Crippen LogP contribution in [-0.2, 0) is 9.31 Å². The lowest BCUT2D eigenvalue weighted by Crippen LogP contribution is -2.41. The molecule has 2 N–H and O–H groups in total. The Hall–Kier alpha value is -1.11. The Morgan fingerprint density at radius 3 is 2.41 bits per heavy atom. The van der Waals surface area contributed by atoms with Gasteiger partial charge in [0.1, 0.15) is 5.82 Å². The van der Waals surface area contributed by atoms with Gasteiger partial charge in [-0.2, -0.15) is 0 Å². The third-order valence-corrected chi connectivity index (χ3v) is 5.19. The molecule has 0 spiro atoms. The van der Waals surface area contributed by atoms with Crippen LogP contribution in [0.25, 0.3) is 0 Å². The largest absolute Gasteiger partial charge is 0.496 e. The zero-order chi connectivity index (χ0) is 16.1. The number of hydrogen-bond donors (Lipinski definition) is 1. The third-order valence-electron chi connectivity index (χ3n) is 5.19. The summed E-state index contributed by atoms with van der Waals surface area (Å²) in [7, 11) is -0.354. The van der Waals surface area contributed by atoms with Crippen molar-refractivity contribution in [2.24, 2.45) is 5.73 Å². The van der Waals surface area contributed by atoms with Crippen molar-refractivity contribution in [2.45, 2.75) is 58.3 Å². The smallest absolute Gasteiger partial charge is 0.399 e. The van der Waals surface area contributed by atoms with Gasteiger partial charge in [0, 0.05) is 30.8 Å². The van der Waals surface area contributed by atoms with Crippen LogP contribution in [0.3, 0.4) is 0 Å². The van der Waals surface area contributed by atoms with Crippen molar-refractivity contribution in [1.29, 1.82) is 0 Å². The van der Waals surface area contributed by atoms with E-state index in [-0.39, 0.29) is 24.4 Å². The average Bonchev–Trinajstić information content (AvgIpc) is 2.91. The summed E-state index contributed by atoms with van der Waals surface area (Å²) in [5, 5.41) is 0. The van der Waals surface area contributed by atoms with Gasteiger partial charge in [0.15, 0.2) is 0 Å². The van der Waals surface area contributed by atoms with Gasteiger partial charge in [-0.15, -0.1) is 0 Å². The van der Waals surface area contributed by atoms with E-state index in [1.54, 1.807) is 0 Å². The lowest BCUT2D eigenvalue weighted by Gasteiger charge is -2.32. The van der Waals surface area contributed by atoms with E-state index in [0.717, 1.165) is 36.4 Å². The molecule has 2 aliphatic heterocycles. The first-order chi connectivity index (χ1) is 10.2. The number of nitrogens with two attached hydrogens (primary N) is 1.